The molecular weight excluding hydrogens is 378 g/mol. The number of fused-ring (bicyclic) bond motifs is 1. The van der Waals surface area contributed by atoms with Crippen molar-refractivity contribution < 1.29 is 4.79 Å². The van der Waals surface area contributed by atoms with E-state index in [9.17, 15) is 4.79 Å². The van der Waals surface area contributed by atoms with Crippen LogP contribution in [0.4, 0.5) is 11.6 Å². The van der Waals surface area contributed by atoms with Crippen LogP contribution >= 0.6 is 0 Å². The zero-order valence-corrected chi connectivity index (χ0v) is 16.5. The Morgan fingerprint density at radius 3 is 2.73 bits per heavy atom. The summed E-state index contributed by atoms with van der Waals surface area (Å²) in [5.41, 5.74) is 8.45. The molecule has 1 aliphatic heterocycles. The van der Waals surface area contributed by atoms with Gasteiger partial charge in [0, 0.05) is 55.1 Å². The molecule has 0 saturated carbocycles. The van der Waals surface area contributed by atoms with E-state index in [1.165, 1.54) is 0 Å². The molecule has 0 radical (unpaired) electrons. The molecule has 0 unspecified atom stereocenters. The average molecular weight is 399 g/mol. The third kappa shape index (κ3) is 3.37. The maximum absolute atomic E-state index is 12.8. The lowest BCUT2D eigenvalue weighted by Crippen LogP contribution is -2.56. The zero-order chi connectivity index (χ0) is 20.7. The predicted molar refractivity (Wildman–Crippen MR) is 116 cm³/mol. The fourth-order valence-corrected chi connectivity index (χ4v) is 3.62. The Hall–Kier alpha value is -3.78. The molecule has 0 atom stereocenters. The summed E-state index contributed by atoms with van der Waals surface area (Å²) in [6.45, 7) is 1.51. The summed E-state index contributed by atoms with van der Waals surface area (Å²) in [4.78, 5) is 27.7. The van der Waals surface area contributed by atoms with E-state index in [1.54, 1.807) is 30.9 Å². The minimum absolute atomic E-state index is 0.169. The molecule has 1 saturated heterocycles. The Balaban J connectivity index is 1.39. The number of carbonyl (C=O) groups is 1. The van der Waals surface area contributed by atoms with Gasteiger partial charge in [0.15, 0.2) is 0 Å². The summed E-state index contributed by atoms with van der Waals surface area (Å²) < 4.78 is 1.97. The zero-order valence-electron chi connectivity index (χ0n) is 16.5. The van der Waals surface area contributed by atoms with Gasteiger partial charge in [0.1, 0.15) is 11.6 Å². The predicted octanol–water partition coefficient (Wildman–Crippen LogP) is 2.43. The van der Waals surface area contributed by atoms with Gasteiger partial charge in [-0.15, -0.1) is 0 Å². The Morgan fingerprint density at radius 1 is 1.10 bits per heavy atom. The molecule has 3 N–H and O–H groups in total. The number of pyridine rings is 2. The van der Waals surface area contributed by atoms with Gasteiger partial charge in [0.2, 0.25) is 0 Å². The summed E-state index contributed by atoms with van der Waals surface area (Å²) in [5, 5.41) is 4.88. The fraction of sp³-hybridized carbons (Fsp3) is 0.182. The lowest BCUT2D eigenvalue weighted by atomic mass is 10.1. The minimum Gasteiger partial charge on any atom is -0.353 e. The van der Waals surface area contributed by atoms with E-state index in [-0.39, 0.29) is 11.9 Å². The monoisotopic (exact) mass is 399 g/mol. The highest BCUT2D eigenvalue weighted by molar-refractivity contribution is 6.05. The molecule has 150 valence electrons. The number of benzene rings is 1. The van der Waals surface area contributed by atoms with Crippen molar-refractivity contribution in [2.45, 2.75) is 6.04 Å². The number of aromatic nitrogens is 4. The van der Waals surface area contributed by atoms with Crippen LogP contribution in [0.15, 0.2) is 61.3 Å². The van der Waals surface area contributed by atoms with Gasteiger partial charge < -0.3 is 20.5 Å². The molecule has 0 bridgehead atoms. The number of nitrogens with two attached hydrogens (primary N) is 1. The Morgan fingerprint density at radius 2 is 1.97 bits per heavy atom. The molecule has 30 heavy (non-hydrogen) atoms. The van der Waals surface area contributed by atoms with Crippen molar-refractivity contribution in [2.75, 3.05) is 23.3 Å². The van der Waals surface area contributed by atoms with E-state index in [2.05, 4.69) is 31.2 Å². The molecular formula is C22H21N7O. The first-order valence-electron chi connectivity index (χ1n) is 9.71. The first-order valence-corrected chi connectivity index (χ1v) is 9.71. The molecule has 3 aromatic heterocycles. The second-order valence-corrected chi connectivity index (χ2v) is 7.54. The lowest BCUT2D eigenvalue weighted by molar-refractivity contribution is 0.102. The largest absolute Gasteiger partial charge is 0.353 e. The number of amides is 1. The SMILES string of the molecule is Cn1cncc1-c1ccc2cnc(NC(=O)c3ccnc(N4CC(N)C4)c3)cc2c1. The molecule has 1 amide bonds. The van der Waals surface area contributed by atoms with Crippen molar-refractivity contribution >= 4 is 28.3 Å². The summed E-state index contributed by atoms with van der Waals surface area (Å²) in [6, 6.07) is 11.7. The lowest BCUT2D eigenvalue weighted by Gasteiger charge is -2.37. The van der Waals surface area contributed by atoms with Gasteiger partial charge >= 0.3 is 0 Å². The van der Waals surface area contributed by atoms with Gasteiger partial charge in [-0.25, -0.2) is 15.0 Å². The van der Waals surface area contributed by atoms with Crippen molar-refractivity contribution in [1.29, 1.82) is 0 Å². The van der Waals surface area contributed by atoms with Gasteiger partial charge in [-0.2, -0.15) is 0 Å². The van der Waals surface area contributed by atoms with E-state index in [0.717, 1.165) is 40.9 Å². The van der Waals surface area contributed by atoms with Crippen LogP contribution in [0.5, 0.6) is 0 Å². The van der Waals surface area contributed by atoms with Crippen LogP contribution in [0.3, 0.4) is 0 Å². The first-order chi connectivity index (χ1) is 14.6. The smallest absolute Gasteiger partial charge is 0.257 e. The Kier molecular flexibility index (Phi) is 4.40. The van der Waals surface area contributed by atoms with Crippen molar-refractivity contribution in [3.63, 3.8) is 0 Å². The van der Waals surface area contributed by atoms with Crippen LogP contribution in [-0.4, -0.2) is 44.6 Å². The molecule has 4 heterocycles. The molecule has 1 aromatic carbocycles. The van der Waals surface area contributed by atoms with E-state index >= 15 is 0 Å². The van der Waals surface area contributed by atoms with E-state index < -0.39 is 0 Å². The normalized spacial score (nSPS) is 14.0. The van der Waals surface area contributed by atoms with Crippen molar-refractivity contribution in [3.05, 3.63) is 66.9 Å². The summed E-state index contributed by atoms with van der Waals surface area (Å²) in [6.07, 6.45) is 7.01. The number of nitrogens with zero attached hydrogens (tertiary/aromatic N) is 5. The maximum Gasteiger partial charge on any atom is 0.257 e. The number of imidazole rings is 1. The van der Waals surface area contributed by atoms with Crippen LogP contribution in [0.25, 0.3) is 22.0 Å². The van der Waals surface area contributed by atoms with Gasteiger partial charge in [0.05, 0.1) is 18.2 Å². The second kappa shape index (κ2) is 7.23. The highest BCUT2D eigenvalue weighted by atomic mass is 16.1. The number of rotatable bonds is 4. The number of carbonyl (C=O) groups excluding carboxylic acids is 1. The maximum atomic E-state index is 12.8. The summed E-state index contributed by atoms with van der Waals surface area (Å²) in [7, 11) is 1.96. The quantitative estimate of drug-likeness (QED) is 0.546. The first kappa shape index (κ1) is 18.3. The topological polar surface area (TPSA) is 102 Å². The Labute approximate surface area is 173 Å². The Bertz CT molecular complexity index is 1240. The number of hydrogen-bond donors (Lipinski definition) is 2. The van der Waals surface area contributed by atoms with E-state index in [4.69, 9.17) is 5.73 Å². The molecule has 8 heteroatoms. The summed E-state index contributed by atoms with van der Waals surface area (Å²) in [5.74, 6) is 1.04. The molecule has 8 nitrogen and oxygen atoms in total. The van der Waals surface area contributed by atoms with Gasteiger partial charge in [-0.1, -0.05) is 12.1 Å². The standard InChI is InChI=1S/C22H21N7O/c1-28-13-24-10-19(28)14-2-3-16-9-26-20(7-17(16)6-14)27-22(30)15-4-5-25-21(8-15)29-11-18(23)12-29/h2-10,13,18H,11-12,23H2,1H3,(H,26,27,30). The van der Waals surface area contributed by atoms with Crippen molar-refractivity contribution in [3.8, 4) is 11.3 Å². The van der Waals surface area contributed by atoms with Crippen LogP contribution < -0.4 is 16.0 Å². The third-order valence-corrected chi connectivity index (χ3v) is 5.32. The van der Waals surface area contributed by atoms with E-state index in [0.29, 0.717) is 11.4 Å². The van der Waals surface area contributed by atoms with Crippen LogP contribution in [0, 0.1) is 0 Å². The molecule has 0 spiro atoms. The number of anilines is 2. The number of aryl methyl sites for hydroxylation is 1. The number of nitrogens with one attached hydrogen (secondary N) is 1. The molecule has 4 aromatic rings. The molecule has 1 fully saturated rings. The van der Waals surface area contributed by atoms with Gasteiger partial charge in [-0.05, 0) is 29.7 Å². The van der Waals surface area contributed by atoms with Crippen molar-refractivity contribution in [2.24, 2.45) is 12.8 Å². The van der Waals surface area contributed by atoms with Crippen LogP contribution in [-0.2, 0) is 7.05 Å². The van der Waals surface area contributed by atoms with Crippen molar-refractivity contribution in [1.82, 2.24) is 19.5 Å². The second-order valence-electron chi connectivity index (χ2n) is 7.54. The van der Waals surface area contributed by atoms with Crippen LogP contribution in [0.2, 0.25) is 0 Å². The highest BCUT2D eigenvalue weighted by Crippen LogP contribution is 2.25. The van der Waals surface area contributed by atoms with E-state index in [1.807, 2.05) is 36.0 Å². The molecule has 0 aliphatic carbocycles. The highest BCUT2D eigenvalue weighted by Gasteiger charge is 2.24. The molecule has 5 rings (SSSR count). The molecule has 1 aliphatic rings. The van der Waals surface area contributed by atoms with Crippen LogP contribution in [0.1, 0.15) is 10.4 Å². The third-order valence-electron chi connectivity index (χ3n) is 5.32. The number of hydrogen-bond acceptors (Lipinski definition) is 6. The van der Waals surface area contributed by atoms with Gasteiger partial charge in [-0.3, -0.25) is 4.79 Å². The minimum atomic E-state index is -0.224. The van der Waals surface area contributed by atoms with Gasteiger partial charge in [0.25, 0.3) is 5.91 Å². The fourth-order valence-electron chi connectivity index (χ4n) is 3.62. The summed E-state index contributed by atoms with van der Waals surface area (Å²) >= 11 is 0. The average Bonchev–Trinajstić information content (AvgIpc) is 3.17.